The van der Waals surface area contributed by atoms with Crippen LogP contribution >= 0.6 is 15.9 Å². The maximum absolute atomic E-state index is 13.1. The molecule has 0 amide bonds. The summed E-state index contributed by atoms with van der Waals surface area (Å²) < 4.78 is 18.0. The Bertz CT molecular complexity index is 370. The molecule has 0 atom stereocenters. The first-order chi connectivity index (χ1) is 6.60. The summed E-state index contributed by atoms with van der Waals surface area (Å²) in [6, 6.07) is 2.16. The Morgan fingerprint density at radius 1 is 1.64 bits per heavy atom. The van der Waals surface area contributed by atoms with Gasteiger partial charge in [0.05, 0.1) is 18.1 Å². The van der Waals surface area contributed by atoms with E-state index in [2.05, 4.69) is 15.9 Å². The minimum atomic E-state index is -0.856. The number of nitro benzene ring substituents is 1. The zero-order valence-electron chi connectivity index (χ0n) is 7.29. The molecule has 1 aromatic carbocycles. The topological polar surface area (TPSA) is 52.4 Å². The number of hydrogen-bond donors (Lipinski definition) is 0. The quantitative estimate of drug-likeness (QED) is 0.479. The summed E-state index contributed by atoms with van der Waals surface area (Å²) in [4.78, 5) is 9.61. The molecule has 0 saturated heterocycles. The molecule has 6 heteroatoms. The van der Waals surface area contributed by atoms with Gasteiger partial charge in [-0.1, -0.05) is 15.9 Å². The molecule has 0 fully saturated rings. The number of nitro groups is 1. The summed E-state index contributed by atoms with van der Waals surface area (Å²) in [6.07, 6.45) is 0. The molecule has 4 nitrogen and oxygen atoms in total. The molecule has 0 unspecified atom stereocenters. The van der Waals surface area contributed by atoms with E-state index in [4.69, 9.17) is 4.74 Å². The Labute approximate surface area is 88.0 Å². The van der Waals surface area contributed by atoms with Crippen LogP contribution in [0.5, 0.6) is 5.75 Å². The number of hydrogen-bond acceptors (Lipinski definition) is 3. The maximum Gasteiger partial charge on any atom is 0.308 e. The molecule has 0 heterocycles. The fourth-order valence-corrected chi connectivity index (χ4v) is 1.46. The van der Waals surface area contributed by atoms with Crippen LogP contribution in [0.15, 0.2) is 12.1 Å². The second kappa shape index (κ2) is 4.36. The van der Waals surface area contributed by atoms with Crippen LogP contribution in [0.1, 0.15) is 5.56 Å². The van der Waals surface area contributed by atoms with E-state index in [0.717, 1.165) is 12.1 Å². The lowest BCUT2D eigenvalue weighted by Crippen LogP contribution is -1.97. The van der Waals surface area contributed by atoms with E-state index in [1.54, 1.807) is 0 Å². The maximum atomic E-state index is 13.1. The third-order valence-corrected chi connectivity index (χ3v) is 2.29. The van der Waals surface area contributed by atoms with E-state index >= 15 is 0 Å². The molecule has 76 valence electrons. The fourth-order valence-electron chi connectivity index (χ4n) is 1.02. The largest absolute Gasteiger partial charge is 0.496 e. The highest BCUT2D eigenvalue weighted by atomic mass is 79.9. The molecule has 14 heavy (non-hydrogen) atoms. The van der Waals surface area contributed by atoms with E-state index < -0.39 is 16.4 Å². The first-order valence-corrected chi connectivity index (χ1v) is 4.79. The van der Waals surface area contributed by atoms with Gasteiger partial charge in [-0.05, 0) is 6.07 Å². The van der Waals surface area contributed by atoms with Gasteiger partial charge < -0.3 is 4.74 Å². The normalized spacial score (nSPS) is 9.93. The highest BCUT2D eigenvalue weighted by Crippen LogP contribution is 2.29. The third kappa shape index (κ3) is 2.01. The van der Waals surface area contributed by atoms with Crippen molar-refractivity contribution in [1.82, 2.24) is 0 Å². The summed E-state index contributed by atoms with van der Waals surface area (Å²) in [6.45, 7) is 0. The van der Waals surface area contributed by atoms with Crippen molar-refractivity contribution in [1.29, 1.82) is 0 Å². The SMILES string of the molecule is COc1cc([N+](=O)[O-])c(F)cc1CBr. The average molecular weight is 264 g/mol. The van der Waals surface area contributed by atoms with Crippen LogP contribution in [-0.4, -0.2) is 12.0 Å². The van der Waals surface area contributed by atoms with Crippen LogP contribution in [-0.2, 0) is 5.33 Å². The minimum Gasteiger partial charge on any atom is -0.496 e. The summed E-state index contributed by atoms with van der Waals surface area (Å²) in [5.41, 5.74) is -0.0397. The molecule has 0 N–H and O–H groups in total. The van der Waals surface area contributed by atoms with Crippen LogP contribution in [0.2, 0.25) is 0 Å². The van der Waals surface area contributed by atoms with Gasteiger partial charge in [0, 0.05) is 10.9 Å². The molecule has 0 aliphatic rings. The molecule has 0 radical (unpaired) electrons. The Morgan fingerprint density at radius 3 is 2.71 bits per heavy atom. The number of alkyl halides is 1. The number of methoxy groups -OCH3 is 1. The summed E-state index contributed by atoms with van der Waals surface area (Å²) in [7, 11) is 1.38. The van der Waals surface area contributed by atoms with E-state index in [0.29, 0.717) is 16.6 Å². The van der Waals surface area contributed by atoms with Crippen molar-refractivity contribution in [3.8, 4) is 5.75 Å². The molecule has 0 bridgehead atoms. The third-order valence-electron chi connectivity index (χ3n) is 1.69. The van der Waals surface area contributed by atoms with Gasteiger partial charge in [-0.25, -0.2) is 0 Å². The molecule has 0 aromatic heterocycles. The Hall–Kier alpha value is -1.17. The Kier molecular flexibility index (Phi) is 3.40. The number of ether oxygens (including phenoxy) is 1. The van der Waals surface area contributed by atoms with E-state index in [1.165, 1.54) is 7.11 Å². The minimum absolute atomic E-state index is 0.301. The summed E-state index contributed by atoms with van der Waals surface area (Å²) >= 11 is 3.13. The molecule has 0 saturated carbocycles. The van der Waals surface area contributed by atoms with Crippen LogP contribution in [0.25, 0.3) is 0 Å². The number of nitrogens with zero attached hydrogens (tertiary/aromatic N) is 1. The van der Waals surface area contributed by atoms with E-state index in [1.807, 2.05) is 0 Å². The molecule has 1 rings (SSSR count). The van der Waals surface area contributed by atoms with Gasteiger partial charge in [0.1, 0.15) is 5.75 Å². The Morgan fingerprint density at radius 2 is 2.29 bits per heavy atom. The standard InChI is InChI=1S/C8H7BrFNO3/c1-14-8-3-7(11(12)13)6(10)2-5(8)4-9/h2-3H,4H2,1H3. The first-order valence-electron chi connectivity index (χ1n) is 3.67. The molecule has 0 aliphatic heterocycles. The Balaban J connectivity index is 3.30. The van der Waals surface area contributed by atoms with Crippen LogP contribution in [0.4, 0.5) is 10.1 Å². The lowest BCUT2D eigenvalue weighted by atomic mass is 10.2. The highest BCUT2D eigenvalue weighted by Gasteiger charge is 2.17. The van der Waals surface area contributed by atoms with Gasteiger partial charge in [0.2, 0.25) is 5.82 Å². The summed E-state index contributed by atoms with van der Waals surface area (Å²) in [5, 5.41) is 10.8. The van der Waals surface area contributed by atoms with Gasteiger partial charge in [0.15, 0.2) is 0 Å². The van der Waals surface area contributed by atoms with Gasteiger partial charge in [-0.3, -0.25) is 10.1 Å². The fraction of sp³-hybridized carbons (Fsp3) is 0.250. The van der Waals surface area contributed by atoms with Crippen molar-refractivity contribution >= 4 is 21.6 Å². The highest BCUT2D eigenvalue weighted by molar-refractivity contribution is 9.08. The number of rotatable bonds is 3. The number of benzene rings is 1. The average Bonchev–Trinajstić information content (AvgIpc) is 2.16. The van der Waals surface area contributed by atoms with Crippen LogP contribution in [0.3, 0.4) is 0 Å². The predicted molar refractivity (Wildman–Crippen MR) is 52.2 cm³/mol. The van der Waals surface area contributed by atoms with E-state index in [9.17, 15) is 14.5 Å². The zero-order chi connectivity index (χ0) is 10.7. The second-order valence-corrected chi connectivity index (χ2v) is 3.07. The predicted octanol–water partition coefficient (Wildman–Crippen LogP) is 2.64. The van der Waals surface area contributed by atoms with Crippen LogP contribution in [0, 0.1) is 15.9 Å². The second-order valence-electron chi connectivity index (χ2n) is 2.51. The monoisotopic (exact) mass is 263 g/mol. The first kappa shape index (κ1) is 10.9. The van der Waals surface area contributed by atoms with Crippen molar-refractivity contribution in [3.63, 3.8) is 0 Å². The smallest absolute Gasteiger partial charge is 0.308 e. The van der Waals surface area contributed by atoms with Gasteiger partial charge in [-0.15, -0.1) is 0 Å². The molecular weight excluding hydrogens is 257 g/mol. The molecular formula is C8H7BrFNO3. The van der Waals surface area contributed by atoms with Gasteiger partial charge in [0.25, 0.3) is 0 Å². The van der Waals surface area contributed by atoms with Crippen LogP contribution < -0.4 is 4.74 Å². The van der Waals surface area contributed by atoms with Crippen molar-refractivity contribution < 1.29 is 14.1 Å². The lowest BCUT2D eigenvalue weighted by Gasteiger charge is -2.05. The van der Waals surface area contributed by atoms with Crippen molar-refractivity contribution in [3.05, 3.63) is 33.6 Å². The molecule has 0 aliphatic carbocycles. The van der Waals surface area contributed by atoms with Crippen molar-refractivity contribution in [2.75, 3.05) is 7.11 Å². The van der Waals surface area contributed by atoms with Crippen molar-refractivity contribution in [2.24, 2.45) is 0 Å². The van der Waals surface area contributed by atoms with Gasteiger partial charge in [-0.2, -0.15) is 4.39 Å². The van der Waals surface area contributed by atoms with Gasteiger partial charge >= 0.3 is 5.69 Å². The lowest BCUT2D eigenvalue weighted by molar-refractivity contribution is -0.387. The molecule has 0 spiro atoms. The van der Waals surface area contributed by atoms with Crippen molar-refractivity contribution in [2.45, 2.75) is 5.33 Å². The van der Waals surface area contributed by atoms with E-state index in [-0.39, 0.29) is 0 Å². The number of halogens is 2. The summed E-state index contributed by atoms with van der Waals surface area (Å²) in [5.74, 6) is -0.555. The molecule has 1 aromatic rings. The zero-order valence-corrected chi connectivity index (χ0v) is 8.88.